The summed E-state index contributed by atoms with van der Waals surface area (Å²) in [7, 11) is 0. The fraction of sp³-hybridized carbons (Fsp3) is 0.200. The molecule has 0 fully saturated rings. The molecule has 0 aliphatic carbocycles. The van der Waals surface area contributed by atoms with Crippen molar-refractivity contribution in [3.63, 3.8) is 0 Å². The van der Waals surface area contributed by atoms with Crippen LogP contribution >= 0.6 is 0 Å². The zero-order valence-electron chi connectivity index (χ0n) is 8.71. The summed E-state index contributed by atoms with van der Waals surface area (Å²) < 4.78 is 0. The number of hydrogen-bond donors (Lipinski definition) is 0. The van der Waals surface area contributed by atoms with E-state index in [2.05, 4.69) is 21.9 Å². The Morgan fingerprint density at radius 2 is 2.27 bits per heavy atom. The molecule has 1 heterocycles. The highest BCUT2D eigenvalue weighted by Crippen LogP contribution is 2.17. The van der Waals surface area contributed by atoms with Crippen molar-refractivity contribution in [2.45, 2.75) is 13.8 Å². The highest BCUT2D eigenvalue weighted by Gasteiger charge is 2.10. The molecule has 0 aliphatic heterocycles. The minimum absolute atomic E-state index is 0.387. The lowest BCUT2D eigenvalue weighted by atomic mass is 10.2. The summed E-state index contributed by atoms with van der Waals surface area (Å²) in [6.45, 7) is 6.94. The van der Waals surface area contributed by atoms with Crippen molar-refractivity contribution in [3.8, 4) is 0 Å². The van der Waals surface area contributed by atoms with Crippen LogP contribution in [0.5, 0.6) is 0 Å². The number of hydrogen-bond acceptors (Lipinski definition) is 5. The Morgan fingerprint density at radius 1 is 1.53 bits per heavy atom. The summed E-state index contributed by atoms with van der Waals surface area (Å²) in [4.78, 5) is 15.0. The van der Waals surface area contributed by atoms with Gasteiger partial charge in [0.05, 0.1) is 5.56 Å². The summed E-state index contributed by atoms with van der Waals surface area (Å²) in [5, 5.41) is 8.80. The molecule has 15 heavy (non-hydrogen) atoms. The van der Waals surface area contributed by atoms with Gasteiger partial charge in [0.15, 0.2) is 12.1 Å². The van der Waals surface area contributed by atoms with Gasteiger partial charge >= 0.3 is 0 Å². The van der Waals surface area contributed by atoms with Gasteiger partial charge in [-0.15, -0.1) is 5.12 Å². The SMILES string of the molecule is C=NN(/N=C\C)c1nc(C)ccc1C=O. The summed E-state index contributed by atoms with van der Waals surface area (Å²) >= 11 is 0. The lowest BCUT2D eigenvalue weighted by molar-refractivity contribution is 0.112. The number of aldehydes is 1. The second kappa shape index (κ2) is 4.99. The first kappa shape index (κ1) is 11.0. The lowest BCUT2D eigenvalue weighted by Crippen LogP contribution is -2.12. The lowest BCUT2D eigenvalue weighted by Gasteiger charge is -2.12. The quantitative estimate of drug-likeness (QED) is 0.425. The van der Waals surface area contributed by atoms with Crippen molar-refractivity contribution in [1.29, 1.82) is 0 Å². The van der Waals surface area contributed by atoms with Crippen LogP contribution in [0.25, 0.3) is 0 Å². The van der Waals surface area contributed by atoms with E-state index in [1.54, 1.807) is 25.3 Å². The molecular weight excluding hydrogens is 192 g/mol. The maximum absolute atomic E-state index is 10.8. The van der Waals surface area contributed by atoms with E-state index in [9.17, 15) is 4.79 Å². The zero-order valence-corrected chi connectivity index (χ0v) is 8.71. The van der Waals surface area contributed by atoms with E-state index < -0.39 is 0 Å². The first-order valence-electron chi connectivity index (χ1n) is 4.41. The Bertz CT molecular complexity index is 400. The third-order valence-electron chi connectivity index (χ3n) is 1.72. The molecule has 0 unspecified atom stereocenters. The maximum Gasteiger partial charge on any atom is 0.185 e. The largest absolute Gasteiger partial charge is 0.298 e. The van der Waals surface area contributed by atoms with Crippen LogP contribution < -0.4 is 5.12 Å². The van der Waals surface area contributed by atoms with Crippen LogP contribution in [-0.2, 0) is 0 Å². The highest BCUT2D eigenvalue weighted by molar-refractivity contribution is 5.83. The number of carbonyl (C=O) groups is 1. The molecule has 0 aliphatic rings. The average Bonchev–Trinajstić information content (AvgIpc) is 2.26. The van der Waals surface area contributed by atoms with E-state index in [4.69, 9.17) is 0 Å². The van der Waals surface area contributed by atoms with E-state index in [1.807, 2.05) is 6.92 Å². The number of aromatic nitrogens is 1. The smallest absolute Gasteiger partial charge is 0.185 e. The predicted molar refractivity (Wildman–Crippen MR) is 60.6 cm³/mol. The van der Waals surface area contributed by atoms with Crippen LogP contribution in [0.2, 0.25) is 0 Å². The molecule has 0 atom stereocenters. The second-order valence-corrected chi connectivity index (χ2v) is 2.79. The molecule has 1 aromatic heterocycles. The van der Waals surface area contributed by atoms with Gasteiger partial charge in [-0.1, -0.05) is 0 Å². The number of anilines is 1. The Balaban J connectivity index is 3.25. The first-order valence-corrected chi connectivity index (χ1v) is 4.41. The fourth-order valence-corrected chi connectivity index (χ4v) is 1.07. The van der Waals surface area contributed by atoms with E-state index in [1.165, 1.54) is 5.12 Å². The normalized spacial score (nSPS) is 10.3. The van der Waals surface area contributed by atoms with Gasteiger partial charge in [-0.3, -0.25) is 4.79 Å². The monoisotopic (exact) mass is 204 g/mol. The van der Waals surface area contributed by atoms with Crippen LogP contribution in [0, 0.1) is 6.92 Å². The van der Waals surface area contributed by atoms with Gasteiger partial charge in [0.1, 0.15) is 0 Å². The Morgan fingerprint density at radius 3 is 2.80 bits per heavy atom. The molecule has 1 aromatic rings. The van der Waals surface area contributed by atoms with Gasteiger partial charge in [-0.05, 0) is 26.0 Å². The van der Waals surface area contributed by atoms with Gasteiger partial charge in [-0.25, -0.2) is 4.98 Å². The van der Waals surface area contributed by atoms with E-state index in [-0.39, 0.29) is 0 Å². The molecule has 5 heteroatoms. The maximum atomic E-state index is 10.8. The summed E-state index contributed by atoms with van der Waals surface area (Å²) in [6.07, 6.45) is 2.26. The zero-order chi connectivity index (χ0) is 11.3. The van der Waals surface area contributed by atoms with Crippen molar-refractivity contribution >= 4 is 25.0 Å². The van der Waals surface area contributed by atoms with E-state index in [0.29, 0.717) is 17.7 Å². The topological polar surface area (TPSA) is 57.9 Å². The van der Waals surface area contributed by atoms with Crippen molar-refractivity contribution in [3.05, 3.63) is 23.4 Å². The molecule has 5 nitrogen and oxygen atoms in total. The minimum atomic E-state index is 0.387. The molecule has 78 valence electrons. The standard InChI is InChI=1S/C10H12N4O/c1-4-12-14(11-3)10-9(7-15)6-5-8(2)13-10/h4-7H,3H2,1-2H3/b12-4-. The number of nitrogens with zero attached hydrogens (tertiary/aromatic N) is 4. The molecule has 0 radical (unpaired) electrons. The number of pyridine rings is 1. The number of hydrazone groups is 2. The van der Waals surface area contributed by atoms with Gasteiger partial charge in [0.25, 0.3) is 0 Å². The van der Waals surface area contributed by atoms with Gasteiger partial charge in [0.2, 0.25) is 0 Å². The molecule has 0 amide bonds. The molecule has 0 bridgehead atoms. The number of aryl methyl sites for hydroxylation is 1. The molecule has 0 aromatic carbocycles. The minimum Gasteiger partial charge on any atom is -0.298 e. The predicted octanol–water partition coefficient (Wildman–Crippen LogP) is 1.63. The molecule has 0 spiro atoms. The van der Waals surface area contributed by atoms with Crippen molar-refractivity contribution < 1.29 is 4.79 Å². The molecule has 0 saturated carbocycles. The van der Waals surface area contributed by atoms with Crippen molar-refractivity contribution in [1.82, 2.24) is 4.98 Å². The Kier molecular flexibility index (Phi) is 3.68. The number of carbonyl (C=O) groups excluding carboxylic acids is 1. The second-order valence-electron chi connectivity index (χ2n) is 2.79. The summed E-state index contributed by atoms with van der Waals surface area (Å²) in [5.41, 5.74) is 1.22. The Hall–Kier alpha value is -2.04. The van der Waals surface area contributed by atoms with Crippen LogP contribution in [0.15, 0.2) is 22.3 Å². The van der Waals surface area contributed by atoms with E-state index >= 15 is 0 Å². The van der Waals surface area contributed by atoms with Crippen molar-refractivity contribution in [2.75, 3.05) is 5.12 Å². The fourth-order valence-electron chi connectivity index (χ4n) is 1.07. The van der Waals surface area contributed by atoms with Gasteiger partial charge in [-0.2, -0.15) is 10.2 Å². The molecular formula is C10H12N4O. The van der Waals surface area contributed by atoms with Crippen LogP contribution in [-0.4, -0.2) is 24.2 Å². The van der Waals surface area contributed by atoms with Crippen LogP contribution in [0.4, 0.5) is 5.82 Å². The average molecular weight is 204 g/mol. The number of rotatable bonds is 4. The highest BCUT2D eigenvalue weighted by atomic mass is 16.1. The molecule has 1 rings (SSSR count). The Labute approximate surface area is 88.1 Å². The summed E-state index contributed by atoms with van der Waals surface area (Å²) in [6, 6.07) is 3.43. The third-order valence-corrected chi connectivity index (χ3v) is 1.72. The van der Waals surface area contributed by atoms with Gasteiger partial charge < -0.3 is 0 Å². The van der Waals surface area contributed by atoms with Crippen molar-refractivity contribution in [2.24, 2.45) is 10.2 Å². The molecule has 0 saturated heterocycles. The van der Waals surface area contributed by atoms with Gasteiger partial charge in [0, 0.05) is 18.6 Å². The molecule has 0 N–H and O–H groups in total. The van der Waals surface area contributed by atoms with E-state index in [0.717, 1.165) is 5.69 Å². The van der Waals surface area contributed by atoms with Crippen LogP contribution in [0.3, 0.4) is 0 Å². The van der Waals surface area contributed by atoms with Crippen LogP contribution in [0.1, 0.15) is 23.0 Å². The third kappa shape index (κ3) is 2.46. The first-order chi connectivity index (χ1) is 7.22. The summed E-state index contributed by atoms with van der Waals surface area (Å²) in [5.74, 6) is 0.387.